The normalized spacial score (nSPS) is 26.2. The fourth-order valence-corrected chi connectivity index (χ4v) is 3.72. The number of carbonyl (C=O) groups is 2. The second-order valence-electron chi connectivity index (χ2n) is 4.74. The van der Waals surface area contributed by atoms with Crippen molar-refractivity contribution in [1.29, 1.82) is 0 Å². The predicted octanol–water partition coefficient (Wildman–Crippen LogP) is -1.41. The molecule has 0 radical (unpaired) electrons. The summed E-state index contributed by atoms with van der Waals surface area (Å²) in [6.07, 6.45) is 0.415. The minimum atomic E-state index is -1.16. The second-order valence-corrected chi connectivity index (χ2v) is 5.93. The zero-order chi connectivity index (χ0) is 15.6. The SMILES string of the molecule is NC=NCCSC1=C(C(=O)O)N2C(=O)[C@H]([C@H](O)CO)[C@H]2C1. The molecule has 1 fully saturated rings. The Kier molecular flexibility index (Phi) is 4.86. The molecule has 2 aliphatic heterocycles. The molecular formula is C12H17N3O5S. The van der Waals surface area contributed by atoms with Gasteiger partial charge in [0.05, 0.1) is 37.6 Å². The number of hydrogen-bond acceptors (Lipinski definition) is 6. The van der Waals surface area contributed by atoms with Crippen molar-refractivity contribution in [2.75, 3.05) is 18.9 Å². The van der Waals surface area contributed by atoms with Crippen LogP contribution in [0.5, 0.6) is 0 Å². The van der Waals surface area contributed by atoms with Crippen LogP contribution in [0.2, 0.25) is 0 Å². The molecule has 116 valence electrons. The molecule has 0 aromatic rings. The average Bonchev–Trinajstić information content (AvgIpc) is 2.78. The molecule has 2 rings (SSSR count). The Bertz CT molecular complexity index is 507. The highest BCUT2D eigenvalue weighted by Gasteiger charge is 2.57. The Morgan fingerprint density at radius 2 is 2.33 bits per heavy atom. The number of nitrogens with zero attached hydrogens (tertiary/aromatic N) is 2. The number of amides is 1. The maximum Gasteiger partial charge on any atom is 0.353 e. The van der Waals surface area contributed by atoms with Gasteiger partial charge in [-0.25, -0.2) is 4.79 Å². The summed E-state index contributed by atoms with van der Waals surface area (Å²) in [6.45, 7) is -0.0598. The first kappa shape index (κ1) is 15.8. The van der Waals surface area contributed by atoms with Gasteiger partial charge in [0, 0.05) is 17.1 Å². The van der Waals surface area contributed by atoms with Crippen molar-refractivity contribution in [2.24, 2.45) is 16.6 Å². The number of hydrogen-bond donors (Lipinski definition) is 4. The summed E-state index contributed by atoms with van der Waals surface area (Å²) in [7, 11) is 0. The monoisotopic (exact) mass is 315 g/mol. The minimum Gasteiger partial charge on any atom is -0.477 e. The Hall–Kier alpha value is -1.58. The van der Waals surface area contributed by atoms with Gasteiger partial charge in [-0.3, -0.25) is 9.79 Å². The number of carboxylic acid groups (broad SMARTS) is 1. The number of thioether (sulfide) groups is 1. The summed E-state index contributed by atoms with van der Waals surface area (Å²) in [6, 6.07) is -0.383. The van der Waals surface area contributed by atoms with E-state index in [1.807, 2.05) is 0 Å². The first-order valence-corrected chi connectivity index (χ1v) is 7.42. The summed E-state index contributed by atoms with van der Waals surface area (Å²) in [5.41, 5.74) is 5.11. The number of carboxylic acids is 1. The van der Waals surface area contributed by atoms with Crippen molar-refractivity contribution in [3.63, 3.8) is 0 Å². The van der Waals surface area contributed by atoms with Crippen LogP contribution >= 0.6 is 11.8 Å². The number of nitrogens with two attached hydrogens (primary N) is 1. The van der Waals surface area contributed by atoms with Gasteiger partial charge in [0.25, 0.3) is 0 Å². The molecule has 1 saturated heterocycles. The van der Waals surface area contributed by atoms with Crippen LogP contribution in [-0.4, -0.2) is 69.5 Å². The third-order valence-corrected chi connectivity index (χ3v) is 4.67. The largest absolute Gasteiger partial charge is 0.477 e. The van der Waals surface area contributed by atoms with Crippen molar-refractivity contribution in [3.8, 4) is 0 Å². The van der Waals surface area contributed by atoms with Gasteiger partial charge in [0.2, 0.25) is 5.91 Å². The lowest BCUT2D eigenvalue weighted by Gasteiger charge is -2.44. The smallest absolute Gasteiger partial charge is 0.353 e. The summed E-state index contributed by atoms with van der Waals surface area (Å²) in [5, 5.41) is 27.9. The molecule has 21 heavy (non-hydrogen) atoms. The molecule has 5 N–H and O–H groups in total. The third kappa shape index (κ3) is 2.76. The lowest BCUT2D eigenvalue weighted by molar-refractivity contribution is -0.163. The number of aliphatic carboxylic acids is 1. The van der Waals surface area contributed by atoms with E-state index in [-0.39, 0.29) is 11.7 Å². The molecule has 0 unspecified atom stereocenters. The first-order chi connectivity index (χ1) is 10.0. The van der Waals surface area contributed by atoms with Crippen LogP contribution in [-0.2, 0) is 9.59 Å². The molecule has 0 aromatic carbocycles. The van der Waals surface area contributed by atoms with E-state index in [1.54, 1.807) is 0 Å². The Morgan fingerprint density at radius 1 is 1.62 bits per heavy atom. The van der Waals surface area contributed by atoms with Gasteiger partial charge in [-0.1, -0.05) is 0 Å². The van der Waals surface area contributed by atoms with E-state index >= 15 is 0 Å². The summed E-state index contributed by atoms with van der Waals surface area (Å²) >= 11 is 1.32. The number of aliphatic hydroxyl groups excluding tert-OH is 2. The molecule has 3 atom stereocenters. The number of β-lactam (4-membered cyclic amide) rings is 1. The fraction of sp³-hybridized carbons (Fsp3) is 0.583. The standard InChI is InChI=1S/C12H17N3O5S/c13-5-14-1-2-21-8-3-6-9(7(17)4-16)11(18)15(6)10(8)12(19)20/h5-7,9,16-17H,1-4H2,(H2,13,14)(H,19,20)/t6-,7-,9+/m1/s1. The molecular weight excluding hydrogens is 298 g/mol. The highest BCUT2D eigenvalue weighted by Crippen LogP contribution is 2.46. The Balaban J connectivity index is 2.10. The van der Waals surface area contributed by atoms with Crippen LogP contribution in [0, 0.1) is 5.92 Å². The molecule has 0 spiro atoms. The van der Waals surface area contributed by atoms with Gasteiger partial charge in [0.1, 0.15) is 5.70 Å². The number of rotatable bonds is 7. The molecule has 0 saturated carbocycles. The molecule has 9 heteroatoms. The molecule has 2 heterocycles. The van der Waals surface area contributed by atoms with Crippen LogP contribution in [0.1, 0.15) is 6.42 Å². The van der Waals surface area contributed by atoms with Crippen molar-refractivity contribution in [1.82, 2.24) is 4.90 Å². The van der Waals surface area contributed by atoms with Crippen molar-refractivity contribution >= 4 is 30.0 Å². The fourth-order valence-electron chi connectivity index (χ4n) is 2.66. The van der Waals surface area contributed by atoms with Gasteiger partial charge in [-0.05, 0) is 0 Å². The van der Waals surface area contributed by atoms with Crippen molar-refractivity contribution < 1.29 is 24.9 Å². The van der Waals surface area contributed by atoms with E-state index < -0.39 is 30.5 Å². The number of carbonyl (C=O) groups excluding carboxylic acids is 1. The lowest BCUT2D eigenvalue weighted by Crippen LogP contribution is -2.62. The molecule has 0 aliphatic carbocycles. The summed E-state index contributed by atoms with van der Waals surface area (Å²) in [4.78, 5) is 29.0. The highest BCUT2D eigenvalue weighted by molar-refractivity contribution is 8.03. The summed E-state index contributed by atoms with van der Waals surface area (Å²) < 4.78 is 0. The van der Waals surface area contributed by atoms with Crippen LogP contribution < -0.4 is 5.73 Å². The zero-order valence-electron chi connectivity index (χ0n) is 11.2. The zero-order valence-corrected chi connectivity index (χ0v) is 12.0. The topological polar surface area (TPSA) is 136 Å². The molecule has 1 amide bonds. The second kappa shape index (κ2) is 6.46. The number of aliphatic hydroxyl groups is 2. The van der Waals surface area contributed by atoms with E-state index in [0.29, 0.717) is 23.6 Å². The van der Waals surface area contributed by atoms with Gasteiger partial charge in [-0.2, -0.15) is 0 Å². The molecule has 8 nitrogen and oxygen atoms in total. The minimum absolute atomic E-state index is 0.0203. The quantitative estimate of drug-likeness (QED) is 0.196. The van der Waals surface area contributed by atoms with Crippen molar-refractivity contribution in [2.45, 2.75) is 18.6 Å². The van der Waals surface area contributed by atoms with Crippen LogP contribution in [0.3, 0.4) is 0 Å². The molecule has 0 aromatic heterocycles. The number of fused-ring (bicyclic) bond motifs is 1. The van der Waals surface area contributed by atoms with Gasteiger partial charge in [0.15, 0.2) is 0 Å². The first-order valence-electron chi connectivity index (χ1n) is 6.44. The van der Waals surface area contributed by atoms with Gasteiger partial charge < -0.3 is 26.0 Å². The third-order valence-electron chi connectivity index (χ3n) is 3.57. The van der Waals surface area contributed by atoms with E-state index in [0.717, 1.165) is 0 Å². The van der Waals surface area contributed by atoms with E-state index in [2.05, 4.69) is 4.99 Å². The lowest BCUT2D eigenvalue weighted by atomic mass is 9.83. The van der Waals surface area contributed by atoms with E-state index in [4.69, 9.17) is 10.8 Å². The van der Waals surface area contributed by atoms with Crippen LogP contribution in [0.15, 0.2) is 15.6 Å². The maximum absolute atomic E-state index is 12.0. The van der Waals surface area contributed by atoms with Crippen LogP contribution in [0.4, 0.5) is 0 Å². The Labute approximate surface area is 125 Å². The average molecular weight is 315 g/mol. The molecule has 2 aliphatic rings. The summed E-state index contributed by atoms with van der Waals surface area (Å²) in [5.74, 6) is -1.78. The van der Waals surface area contributed by atoms with Crippen molar-refractivity contribution in [3.05, 3.63) is 10.6 Å². The van der Waals surface area contributed by atoms with E-state index in [1.165, 1.54) is 23.0 Å². The maximum atomic E-state index is 12.0. The van der Waals surface area contributed by atoms with Gasteiger partial charge in [-0.15, -0.1) is 11.8 Å². The number of aliphatic imine (C=N–C) groups is 1. The molecule has 0 bridgehead atoms. The predicted molar refractivity (Wildman–Crippen MR) is 76.5 cm³/mol. The highest BCUT2D eigenvalue weighted by atomic mass is 32.2. The van der Waals surface area contributed by atoms with Gasteiger partial charge >= 0.3 is 5.97 Å². The van der Waals surface area contributed by atoms with Crippen LogP contribution in [0.25, 0.3) is 0 Å². The Morgan fingerprint density at radius 3 is 2.90 bits per heavy atom. The van der Waals surface area contributed by atoms with E-state index in [9.17, 15) is 19.8 Å².